The topological polar surface area (TPSA) is 12.5 Å². The summed E-state index contributed by atoms with van der Waals surface area (Å²) in [5, 5.41) is 0. The molecule has 1 heterocycles. The van der Waals surface area contributed by atoms with Crippen LogP contribution in [0, 0.1) is 20.8 Å². The van der Waals surface area contributed by atoms with Gasteiger partial charge in [0.2, 0.25) is 0 Å². The highest BCUT2D eigenvalue weighted by molar-refractivity contribution is 5.76. The van der Waals surface area contributed by atoms with Crippen LogP contribution in [-0.4, -0.2) is 6.73 Å². The van der Waals surface area contributed by atoms with Crippen molar-refractivity contribution in [3.05, 3.63) is 95.2 Å². The third kappa shape index (κ3) is 2.99. The fraction of sp³-hybridized carbons (Fsp3) is 0.167. The maximum absolute atomic E-state index is 6.06. The molecule has 0 aliphatic carbocycles. The van der Waals surface area contributed by atoms with Gasteiger partial charge in [0.25, 0.3) is 0 Å². The summed E-state index contributed by atoms with van der Waals surface area (Å²) in [5.41, 5.74) is 8.61. The molecule has 4 rings (SSSR count). The van der Waals surface area contributed by atoms with Crippen LogP contribution >= 0.6 is 0 Å². The van der Waals surface area contributed by atoms with Crippen LogP contribution in [0.25, 0.3) is 16.9 Å². The van der Waals surface area contributed by atoms with Crippen molar-refractivity contribution in [2.75, 3.05) is 11.6 Å². The number of para-hydroxylation sites is 1. The molecule has 3 aromatic carbocycles. The lowest BCUT2D eigenvalue weighted by Crippen LogP contribution is -2.13. The third-order valence-electron chi connectivity index (χ3n) is 4.94. The minimum absolute atomic E-state index is 0.555. The summed E-state index contributed by atoms with van der Waals surface area (Å²) < 4.78 is 6.06. The van der Waals surface area contributed by atoms with E-state index in [-0.39, 0.29) is 0 Å². The quantitative estimate of drug-likeness (QED) is 0.573. The first-order chi connectivity index (χ1) is 12.6. The Bertz CT molecular complexity index is 950. The van der Waals surface area contributed by atoms with E-state index in [1.54, 1.807) is 0 Å². The van der Waals surface area contributed by atoms with Gasteiger partial charge in [-0.2, -0.15) is 0 Å². The number of rotatable bonds is 3. The summed E-state index contributed by atoms with van der Waals surface area (Å²) >= 11 is 0. The van der Waals surface area contributed by atoms with Gasteiger partial charge < -0.3 is 9.64 Å². The monoisotopic (exact) mass is 341 g/mol. The van der Waals surface area contributed by atoms with E-state index in [1.165, 1.54) is 39.1 Å². The van der Waals surface area contributed by atoms with Gasteiger partial charge >= 0.3 is 0 Å². The highest BCUT2D eigenvalue weighted by atomic mass is 16.5. The van der Waals surface area contributed by atoms with Crippen molar-refractivity contribution in [2.24, 2.45) is 0 Å². The van der Waals surface area contributed by atoms with Crippen molar-refractivity contribution in [3.63, 3.8) is 0 Å². The van der Waals surface area contributed by atoms with E-state index < -0.39 is 0 Å². The second-order valence-electron chi connectivity index (χ2n) is 6.87. The van der Waals surface area contributed by atoms with Crippen molar-refractivity contribution in [3.8, 4) is 11.1 Å². The molecule has 130 valence electrons. The molecule has 2 heteroatoms. The normalized spacial score (nSPS) is 13.5. The van der Waals surface area contributed by atoms with Gasteiger partial charge in [0, 0.05) is 11.3 Å². The smallest absolute Gasteiger partial charge is 0.165 e. The number of aryl methyl sites for hydroxylation is 3. The highest BCUT2D eigenvalue weighted by Crippen LogP contribution is 2.34. The summed E-state index contributed by atoms with van der Waals surface area (Å²) in [6.45, 7) is 7.01. The fourth-order valence-electron chi connectivity index (χ4n) is 3.67. The predicted octanol–water partition coefficient (Wildman–Crippen LogP) is 6.07. The summed E-state index contributed by atoms with van der Waals surface area (Å²) in [5.74, 6) is 0.947. The van der Waals surface area contributed by atoms with Crippen molar-refractivity contribution in [1.82, 2.24) is 0 Å². The molecular formula is C24H23NO. The molecular weight excluding hydrogens is 318 g/mol. The Morgan fingerprint density at radius 3 is 2.08 bits per heavy atom. The molecule has 0 amide bonds. The van der Waals surface area contributed by atoms with E-state index in [9.17, 15) is 0 Å². The molecule has 0 radical (unpaired) electrons. The standard InChI is InChI=1S/C24H23NO/c1-17-9-7-8-12-22(17)25-15-23(26-16-25)24-18(2)13-21(14-19(24)3)20-10-5-4-6-11-20/h4-15H,16H2,1-3H3. The first-order valence-corrected chi connectivity index (χ1v) is 8.97. The molecule has 2 nitrogen and oxygen atoms in total. The van der Waals surface area contributed by atoms with E-state index >= 15 is 0 Å². The van der Waals surface area contributed by atoms with E-state index in [1.807, 2.05) is 0 Å². The Morgan fingerprint density at radius 2 is 1.38 bits per heavy atom. The first-order valence-electron chi connectivity index (χ1n) is 8.97. The van der Waals surface area contributed by atoms with Gasteiger partial charge in [-0.15, -0.1) is 0 Å². The third-order valence-corrected chi connectivity index (χ3v) is 4.94. The van der Waals surface area contributed by atoms with Gasteiger partial charge in [0.1, 0.15) is 5.76 Å². The molecule has 0 atom stereocenters. The van der Waals surface area contributed by atoms with Crippen molar-refractivity contribution in [2.45, 2.75) is 20.8 Å². The van der Waals surface area contributed by atoms with Gasteiger partial charge in [-0.25, -0.2) is 0 Å². The lowest BCUT2D eigenvalue weighted by Gasteiger charge is -2.15. The molecule has 0 aromatic heterocycles. The second kappa shape index (κ2) is 6.72. The molecule has 0 unspecified atom stereocenters. The number of benzene rings is 3. The first kappa shape index (κ1) is 16.5. The molecule has 0 fully saturated rings. The van der Waals surface area contributed by atoms with Crippen LogP contribution in [0.4, 0.5) is 5.69 Å². The molecule has 0 saturated carbocycles. The zero-order valence-electron chi connectivity index (χ0n) is 15.5. The van der Waals surface area contributed by atoms with Crippen LogP contribution in [0.2, 0.25) is 0 Å². The van der Waals surface area contributed by atoms with E-state index in [4.69, 9.17) is 4.74 Å². The van der Waals surface area contributed by atoms with E-state index in [0.717, 1.165) is 5.76 Å². The minimum atomic E-state index is 0.555. The number of anilines is 1. The minimum Gasteiger partial charge on any atom is -0.471 e. The number of hydrogen-bond acceptors (Lipinski definition) is 2. The van der Waals surface area contributed by atoms with Gasteiger partial charge in [-0.05, 0) is 54.7 Å². The van der Waals surface area contributed by atoms with Crippen LogP contribution in [0.15, 0.2) is 72.9 Å². The van der Waals surface area contributed by atoms with Crippen LogP contribution in [0.3, 0.4) is 0 Å². The average molecular weight is 341 g/mol. The molecule has 1 aliphatic heterocycles. The summed E-state index contributed by atoms with van der Waals surface area (Å²) in [6.07, 6.45) is 2.12. The van der Waals surface area contributed by atoms with Crippen molar-refractivity contribution in [1.29, 1.82) is 0 Å². The van der Waals surface area contributed by atoms with Gasteiger partial charge in [-0.1, -0.05) is 60.7 Å². The van der Waals surface area contributed by atoms with Crippen LogP contribution in [-0.2, 0) is 4.74 Å². The summed E-state index contributed by atoms with van der Waals surface area (Å²) in [4.78, 5) is 2.18. The Morgan fingerprint density at radius 1 is 0.731 bits per heavy atom. The Hall–Kier alpha value is -3.00. The molecule has 1 aliphatic rings. The van der Waals surface area contributed by atoms with Crippen molar-refractivity contribution >= 4 is 11.4 Å². The fourth-order valence-corrected chi connectivity index (χ4v) is 3.67. The van der Waals surface area contributed by atoms with Crippen molar-refractivity contribution < 1.29 is 4.74 Å². The molecule has 0 spiro atoms. The maximum atomic E-state index is 6.06. The Kier molecular flexibility index (Phi) is 4.26. The average Bonchev–Trinajstić information content (AvgIpc) is 3.11. The van der Waals surface area contributed by atoms with Crippen LogP contribution in [0.5, 0.6) is 0 Å². The second-order valence-corrected chi connectivity index (χ2v) is 6.87. The summed E-state index contributed by atoms with van der Waals surface area (Å²) in [7, 11) is 0. The van der Waals surface area contributed by atoms with Gasteiger partial charge in [-0.3, -0.25) is 0 Å². The summed E-state index contributed by atoms with van der Waals surface area (Å²) in [6, 6.07) is 23.4. The molecule has 0 saturated heterocycles. The highest BCUT2D eigenvalue weighted by Gasteiger charge is 2.21. The molecule has 0 N–H and O–H groups in total. The SMILES string of the molecule is Cc1ccccc1N1C=C(c2c(C)cc(-c3ccccc3)cc2C)OC1. The maximum Gasteiger partial charge on any atom is 0.165 e. The largest absolute Gasteiger partial charge is 0.471 e. The Balaban J connectivity index is 1.70. The lowest BCUT2D eigenvalue weighted by molar-refractivity contribution is 0.307. The number of nitrogens with zero attached hydrogens (tertiary/aromatic N) is 1. The Labute approximate surface area is 155 Å². The van der Waals surface area contributed by atoms with Crippen LogP contribution in [0.1, 0.15) is 22.3 Å². The van der Waals surface area contributed by atoms with E-state index in [0.29, 0.717) is 6.73 Å². The lowest BCUT2D eigenvalue weighted by atomic mass is 9.95. The zero-order chi connectivity index (χ0) is 18.1. The molecule has 26 heavy (non-hydrogen) atoms. The number of hydrogen-bond donors (Lipinski definition) is 0. The van der Waals surface area contributed by atoms with Gasteiger partial charge in [0.05, 0.1) is 6.20 Å². The zero-order valence-corrected chi connectivity index (χ0v) is 15.5. The number of ether oxygens (including phenoxy) is 1. The van der Waals surface area contributed by atoms with E-state index in [2.05, 4.69) is 98.6 Å². The van der Waals surface area contributed by atoms with Crippen LogP contribution < -0.4 is 4.90 Å². The molecule has 3 aromatic rings. The predicted molar refractivity (Wildman–Crippen MR) is 109 cm³/mol. The van der Waals surface area contributed by atoms with Gasteiger partial charge in [0.15, 0.2) is 6.73 Å². The molecule has 0 bridgehead atoms.